The van der Waals surface area contributed by atoms with Crippen LogP contribution < -0.4 is 0 Å². The molecular formula is C24H22ClN3O. The van der Waals surface area contributed by atoms with Gasteiger partial charge in [-0.15, -0.1) is 0 Å². The summed E-state index contributed by atoms with van der Waals surface area (Å²) >= 11 is 6.02. The Hall–Kier alpha value is -2.98. The molecule has 4 rings (SSSR count). The Morgan fingerprint density at radius 2 is 1.69 bits per heavy atom. The zero-order valence-electron chi connectivity index (χ0n) is 16.7. The Labute approximate surface area is 175 Å². The van der Waals surface area contributed by atoms with Gasteiger partial charge in [0.2, 0.25) is 0 Å². The molecule has 0 amide bonds. The van der Waals surface area contributed by atoms with E-state index >= 15 is 0 Å². The van der Waals surface area contributed by atoms with Crippen LogP contribution in [-0.2, 0) is 11.8 Å². The second kappa shape index (κ2) is 7.45. The van der Waals surface area contributed by atoms with Crippen molar-refractivity contribution in [2.75, 3.05) is 0 Å². The van der Waals surface area contributed by atoms with E-state index in [-0.39, 0.29) is 17.6 Å². The first-order valence-electron chi connectivity index (χ1n) is 9.54. The van der Waals surface area contributed by atoms with E-state index in [2.05, 4.69) is 30.9 Å². The molecule has 0 saturated carbocycles. The fourth-order valence-electron chi connectivity index (χ4n) is 3.30. The summed E-state index contributed by atoms with van der Waals surface area (Å²) in [5, 5.41) is 5.04. The van der Waals surface area contributed by atoms with Gasteiger partial charge in [0, 0.05) is 22.2 Å². The van der Waals surface area contributed by atoms with Crippen LogP contribution >= 0.6 is 11.6 Å². The van der Waals surface area contributed by atoms with Gasteiger partial charge in [0.1, 0.15) is 0 Å². The number of benzene rings is 2. The molecule has 2 aromatic heterocycles. The third kappa shape index (κ3) is 4.08. The molecule has 4 nitrogen and oxygen atoms in total. The maximum Gasteiger partial charge on any atom is 0.168 e. The highest BCUT2D eigenvalue weighted by Crippen LogP contribution is 2.25. The van der Waals surface area contributed by atoms with Gasteiger partial charge in [-0.05, 0) is 29.2 Å². The van der Waals surface area contributed by atoms with Crippen molar-refractivity contribution < 1.29 is 4.79 Å². The van der Waals surface area contributed by atoms with E-state index in [1.807, 2.05) is 60.7 Å². The van der Waals surface area contributed by atoms with Crippen molar-refractivity contribution in [2.45, 2.75) is 32.6 Å². The van der Waals surface area contributed by atoms with E-state index in [4.69, 9.17) is 11.6 Å². The molecule has 0 atom stereocenters. The van der Waals surface area contributed by atoms with E-state index < -0.39 is 0 Å². The average Bonchev–Trinajstić information content (AvgIpc) is 3.16. The highest BCUT2D eigenvalue weighted by molar-refractivity contribution is 6.30. The summed E-state index contributed by atoms with van der Waals surface area (Å²) < 4.78 is 1.77. The predicted molar refractivity (Wildman–Crippen MR) is 117 cm³/mol. The van der Waals surface area contributed by atoms with Crippen LogP contribution in [0.3, 0.4) is 0 Å². The Balaban J connectivity index is 1.66. The van der Waals surface area contributed by atoms with E-state index in [0.717, 1.165) is 11.3 Å². The molecule has 0 aliphatic carbocycles. The van der Waals surface area contributed by atoms with E-state index in [1.165, 1.54) is 5.56 Å². The topological polar surface area (TPSA) is 47.3 Å². The van der Waals surface area contributed by atoms with Gasteiger partial charge in [0.15, 0.2) is 11.4 Å². The molecule has 29 heavy (non-hydrogen) atoms. The molecule has 0 spiro atoms. The molecule has 2 aromatic carbocycles. The molecule has 0 N–H and O–H groups in total. The summed E-state index contributed by atoms with van der Waals surface area (Å²) in [5.74, 6) is 0.0453. The minimum Gasteiger partial charge on any atom is -0.294 e. The fourth-order valence-corrected chi connectivity index (χ4v) is 3.43. The highest BCUT2D eigenvalue weighted by atomic mass is 35.5. The zero-order chi connectivity index (χ0) is 20.6. The second-order valence-electron chi connectivity index (χ2n) is 8.17. The molecule has 0 aliphatic rings. The summed E-state index contributed by atoms with van der Waals surface area (Å²) in [5.41, 5.74) is 5.23. The number of rotatable bonds is 4. The van der Waals surface area contributed by atoms with Crippen molar-refractivity contribution in [1.82, 2.24) is 14.6 Å². The average molecular weight is 404 g/mol. The summed E-state index contributed by atoms with van der Waals surface area (Å²) in [7, 11) is 0. The molecule has 0 radical (unpaired) electrons. The lowest BCUT2D eigenvalue weighted by Gasteiger charge is -2.19. The maximum atomic E-state index is 12.9. The summed E-state index contributed by atoms with van der Waals surface area (Å²) in [6.07, 6.45) is 1.94. The van der Waals surface area contributed by atoms with Crippen LogP contribution in [0, 0.1) is 0 Å². The van der Waals surface area contributed by atoms with Crippen LogP contribution in [0.25, 0.3) is 16.9 Å². The quantitative estimate of drug-likeness (QED) is 0.406. The normalized spacial score (nSPS) is 11.7. The first-order valence-corrected chi connectivity index (χ1v) is 9.92. The monoisotopic (exact) mass is 403 g/mol. The first-order chi connectivity index (χ1) is 13.8. The molecule has 0 unspecified atom stereocenters. The fraction of sp³-hybridized carbons (Fsp3) is 0.208. The molecule has 0 saturated heterocycles. The largest absolute Gasteiger partial charge is 0.294 e. The van der Waals surface area contributed by atoms with Gasteiger partial charge in [0.05, 0.1) is 24.0 Å². The van der Waals surface area contributed by atoms with Crippen LogP contribution in [0.2, 0.25) is 5.02 Å². The number of nitrogens with zero attached hydrogens (tertiary/aromatic N) is 3. The number of Topliss-reactive ketones (excluding diaryl/α,β-unsaturated/α-hetero) is 1. The number of ketones is 1. The van der Waals surface area contributed by atoms with Crippen molar-refractivity contribution in [3.8, 4) is 11.3 Å². The molecule has 0 fully saturated rings. The Kier molecular flexibility index (Phi) is 4.97. The lowest BCUT2D eigenvalue weighted by molar-refractivity contribution is 0.0992. The summed E-state index contributed by atoms with van der Waals surface area (Å²) in [6, 6.07) is 19.2. The van der Waals surface area contributed by atoms with Gasteiger partial charge in [-0.25, -0.2) is 9.50 Å². The SMILES string of the molecule is CC(C)(C)c1ccc(C(=O)Cc2cc(-c3ccc(Cl)cc3)n3nccc3n2)cc1. The second-order valence-corrected chi connectivity index (χ2v) is 8.60. The number of hydrogen-bond donors (Lipinski definition) is 0. The van der Waals surface area contributed by atoms with Crippen LogP contribution in [0.4, 0.5) is 0 Å². The standard InChI is InChI=1S/C24H22ClN3O/c1-24(2,3)18-8-4-17(5-9-18)22(29)15-20-14-21(16-6-10-19(25)11-7-16)28-23(27-20)12-13-26-28/h4-14H,15H2,1-3H3. The van der Waals surface area contributed by atoms with Crippen molar-refractivity contribution in [2.24, 2.45) is 0 Å². The lowest BCUT2D eigenvalue weighted by atomic mass is 9.86. The van der Waals surface area contributed by atoms with Gasteiger partial charge < -0.3 is 0 Å². The highest BCUT2D eigenvalue weighted by Gasteiger charge is 2.16. The predicted octanol–water partition coefficient (Wildman–Crippen LogP) is 5.77. The number of carbonyl (C=O) groups is 1. The molecule has 5 heteroatoms. The molecule has 0 aliphatic heterocycles. The van der Waals surface area contributed by atoms with E-state index in [1.54, 1.807) is 10.7 Å². The van der Waals surface area contributed by atoms with Crippen molar-refractivity contribution >= 4 is 23.0 Å². The van der Waals surface area contributed by atoms with Crippen LogP contribution in [0.15, 0.2) is 66.9 Å². The molecular weight excluding hydrogens is 382 g/mol. The number of halogens is 1. The number of fused-ring (bicyclic) bond motifs is 1. The third-order valence-corrected chi connectivity index (χ3v) is 5.22. The molecule has 0 bridgehead atoms. The van der Waals surface area contributed by atoms with Crippen molar-refractivity contribution in [1.29, 1.82) is 0 Å². The Morgan fingerprint density at radius 1 is 1.00 bits per heavy atom. The van der Waals surface area contributed by atoms with Gasteiger partial charge in [-0.3, -0.25) is 4.79 Å². The van der Waals surface area contributed by atoms with Gasteiger partial charge in [-0.2, -0.15) is 5.10 Å². The van der Waals surface area contributed by atoms with Crippen LogP contribution in [0.5, 0.6) is 0 Å². The smallest absolute Gasteiger partial charge is 0.168 e. The Morgan fingerprint density at radius 3 is 2.34 bits per heavy atom. The van der Waals surface area contributed by atoms with Gasteiger partial charge >= 0.3 is 0 Å². The minimum absolute atomic E-state index is 0.0453. The van der Waals surface area contributed by atoms with Gasteiger partial charge in [0.25, 0.3) is 0 Å². The van der Waals surface area contributed by atoms with Crippen molar-refractivity contribution in [3.05, 3.63) is 88.7 Å². The van der Waals surface area contributed by atoms with Crippen LogP contribution in [-0.4, -0.2) is 20.4 Å². The third-order valence-electron chi connectivity index (χ3n) is 4.97. The van der Waals surface area contributed by atoms with E-state index in [0.29, 0.717) is 21.9 Å². The molecule has 4 aromatic rings. The van der Waals surface area contributed by atoms with Crippen molar-refractivity contribution in [3.63, 3.8) is 0 Å². The summed E-state index contributed by atoms with van der Waals surface area (Å²) in [4.78, 5) is 17.5. The molecule has 2 heterocycles. The molecule has 146 valence electrons. The zero-order valence-corrected chi connectivity index (χ0v) is 17.4. The number of hydrogen-bond acceptors (Lipinski definition) is 3. The minimum atomic E-state index is 0.0453. The Bertz CT molecular complexity index is 1170. The first kappa shape index (κ1) is 19.3. The van der Waals surface area contributed by atoms with Gasteiger partial charge in [-0.1, -0.05) is 68.8 Å². The number of carbonyl (C=O) groups excluding carboxylic acids is 1. The number of aromatic nitrogens is 3. The van der Waals surface area contributed by atoms with Crippen LogP contribution in [0.1, 0.15) is 42.4 Å². The van der Waals surface area contributed by atoms with E-state index in [9.17, 15) is 4.79 Å². The summed E-state index contributed by atoms with van der Waals surface area (Å²) in [6.45, 7) is 6.48. The lowest BCUT2D eigenvalue weighted by Crippen LogP contribution is -2.12. The maximum absolute atomic E-state index is 12.9.